The predicted octanol–water partition coefficient (Wildman–Crippen LogP) is 1.73. The highest BCUT2D eigenvalue weighted by Crippen LogP contribution is 2.15. The second-order valence-electron chi connectivity index (χ2n) is 4.46. The third-order valence-corrected chi connectivity index (χ3v) is 4.19. The lowest BCUT2D eigenvalue weighted by atomic mass is 10.2. The monoisotopic (exact) mass is 244 g/mol. The second kappa shape index (κ2) is 7.17. The van der Waals surface area contributed by atoms with Crippen molar-refractivity contribution in [1.82, 2.24) is 10.2 Å². The number of amides is 1. The Hall–Kier alpha value is -0.220. The SMILES string of the molecule is CCCNC1CCN(CCC(C)SC)C1=O. The van der Waals surface area contributed by atoms with E-state index in [1.165, 1.54) is 0 Å². The second-order valence-corrected chi connectivity index (χ2v) is 5.73. The zero-order valence-corrected chi connectivity index (χ0v) is 11.5. The molecule has 2 atom stereocenters. The fourth-order valence-electron chi connectivity index (χ4n) is 1.92. The summed E-state index contributed by atoms with van der Waals surface area (Å²) in [7, 11) is 0. The minimum Gasteiger partial charge on any atom is -0.341 e. The number of hydrogen-bond acceptors (Lipinski definition) is 3. The van der Waals surface area contributed by atoms with Crippen LogP contribution in [0, 0.1) is 0 Å². The number of thioether (sulfide) groups is 1. The Kier molecular flexibility index (Phi) is 6.21. The van der Waals surface area contributed by atoms with Gasteiger partial charge in [-0.25, -0.2) is 0 Å². The van der Waals surface area contributed by atoms with Gasteiger partial charge < -0.3 is 10.2 Å². The van der Waals surface area contributed by atoms with Gasteiger partial charge in [0.2, 0.25) is 5.91 Å². The smallest absolute Gasteiger partial charge is 0.239 e. The zero-order chi connectivity index (χ0) is 12.0. The number of likely N-dealkylation sites (tertiary alicyclic amines) is 1. The van der Waals surface area contributed by atoms with Crippen LogP contribution in [0.3, 0.4) is 0 Å². The van der Waals surface area contributed by atoms with E-state index in [-0.39, 0.29) is 6.04 Å². The maximum atomic E-state index is 12.0. The van der Waals surface area contributed by atoms with Gasteiger partial charge in [0.05, 0.1) is 6.04 Å². The Bertz CT molecular complexity index is 223. The average Bonchev–Trinajstić information content (AvgIpc) is 2.64. The molecule has 4 heteroatoms. The normalized spacial score (nSPS) is 22.8. The zero-order valence-electron chi connectivity index (χ0n) is 10.7. The van der Waals surface area contributed by atoms with Crippen molar-refractivity contribution in [3.05, 3.63) is 0 Å². The molecule has 0 radical (unpaired) electrons. The maximum Gasteiger partial charge on any atom is 0.239 e. The van der Waals surface area contributed by atoms with Crippen LogP contribution in [-0.4, -0.2) is 48.0 Å². The van der Waals surface area contributed by atoms with E-state index >= 15 is 0 Å². The Balaban J connectivity index is 2.27. The van der Waals surface area contributed by atoms with Gasteiger partial charge in [0.25, 0.3) is 0 Å². The molecule has 0 aromatic rings. The summed E-state index contributed by atoms with van der Waals surface area (Å²) in [6.07, 6.45) is 5.30. The van der Waals surface area contributed by atoms with E-state index in [9.17, 15) is 4.79 Å². The molecular weight excluding hydrogens is 220 g/mol. The topological polar surface area (TPSA) is 32.3 Å². The van der Waals surface area contributed by atoms with Crippen LogP contribution in [0.15, 0.2) is 0 Å². The molecule has 0 bridgehead atoms. The lowest BCUT2D eigenvalue weighted by Crippen LogP contribution is -2.39. The van der Waals surface area contributed by atoms with Gasteiger partial charge in [0, 0.05) is 18.3 Å². The largest absolute Gasteiger partial charge is 0.341 e. The van der Waals surface area contributed by atoms with Crippen LogP contribution in [0.2, 0.25) is 0 Å². The molecule has 1 rings (SSSR count). The van der Waals surface area contributed by atoms with E-state index in [1.807, 2.05) is 16.7 Å². The Labute approximate surface area is 103 Å². The van der Waals surface area contributed by atoms with Gasteiger partial charge in [-0.1, -0.05) is 13.8 Å². The first-order valence-corrected chi connectivity index (χ1v) is 7.52. The molecule has 16 heavy (non-hydrogen) atoms. The molecule has 0 aliphatic carbocycles. The van der Waals surface area contributed by atoms with Crippen molar-refractivity contribution in [2.24, 2.45) is 0 Å². The van der Waals surface area contributed by atoms with Gasteiger partial charge in [-0.05, 0) is 32.1 Å². The van der Waals surface area contributed by atoms with Crippen molar-refractivity contribution < 1.29 is 4.79 Å². The van der Waals surface area contributed by atoms with E-state index < -0.39 is 0 Å². The quantitative estimate of drug-likeness (QED) is 0.740. The summed E-state index contributed by atoms with van der Waals surface area (Å²) in [5, 5.41) is 3.96. The fourth-order valence-corrected chi connectivity index (χ4v) is 2.27. The molecule has 2 unspecified atom stereocenters. The molecule has 0 spiro atoms. The van der Waals surface area contributed by atoms with Gasteiger partial charge in [0.15, 0.2) is 0 Å². The van der Waals surface area contributed by atoms with Gasteiger partial charge in [-0.3, -0.25) is 4.79 Å². The van der Waals surface area contributed by atoms with Crippen LogP contribution in [0.4, 0.5) is 0 Å². The third-order valence-electron chi connectivity index (χ3n) is 3.15. The number of hydrogen-bond donors (Lipinski definition) is 1. The van der Waals surface area contributed by atoms with E-state index in [0.717, 1.165) is 38.9 Å². The molecule has 1 heterocycles. The van der Waals surface area contributed by atoms with Crippen LogP contribution in [-0.2, 0) is 4.79 Å². The highest BCUT2D eigenvalue weighted by atomic mass is 32.2. The van der Waals surface area contributed by atoms with Crippen LogP contribution in [0.5, 0.6) is 0 Å². The highest BCUT2D eigenvalue weighted by molar-refractivity contribution is 7.99. The van der Waals surface area contributed by atoms with Crippen molar-refractivity contribution in [1.29, 1.82) is 0 Å². The maximum absolute atomic E-state index is 12.0. The standard InChI is InChI=1S/C12H24N2OS/c1-4-7-13-11-6-9-14(12(11)15)8-5-10(2)16-3/h10-11,13H,4-9H2,1-3H3. The Morgan fingerprint density at radius 2 is 2.38 bits per heavy atom. The Morgan fingerprint density at radius 3 is 3.00 bits per heavy atom. The van der Waals surface area contributed by atoms with Crippen molar-refractivity contribution in [3.8, 4) is 0 Å². The predicted molar refractivity (Wildman–Crippen MR) is 70.9 cm³/mol. The van der Waals surface area contributed by atoms with E-state index in [4.69, 9.17) is 0 Å². The third kappa shape index (κ3) is 3.98. The molecule has 0 aromatic heterocycles. The molecule has 1 aliphatic rings. The fraction of sp³-hybridized carbons (Fsp3) is 0.917. The molecule has 1 N–H and O–H groups in total. The molecule has 0 aromatic carbocycles. The number of carbonyl (C=O) groups is 1. The van der Waals surface area contributed by atoms with Crippen molar-refractivity contribution in [2.75, 3.05) is 25.9 Å². The van der Waals surface area contributed by atoms with Crippen molar-refractivity contribution >= 4 is 17.7 Å². The lowest BCUT2D eigenvalue weighted by Gasteiger charge is -2.18. The molecule has 0 saturated carbocycles. The summed E-state index contributed by atoms with van der Waals surface area (Å²) in [4.78, 5) is 14.0. The van der Waals surface area contributed by atoms with Gasteiger partial charge in [-0.2, -0.15) is 11.8 Å². The van der Waals surface area contributed by atoms with Crippen molar-refractivity contribution in [3.63, 3.8) is 0 Å². The summed E-state index contributed by atoms with van der Waals surface area (Å²) in [5.74, 6) is 0.307. The van der Waals surface area contributed by atoms with Crippen LogP contribution < -0.4 is 5.32 Å². The van der Waals surface area contributed by atoms with Gasteiger partial charge in [0.1, 0.15) is 0 Å². The Morgan fingerprint density at radius 1 is 1.62 bits per heavy atom. The first-order valence-electron chi connectivity index (χ1n) is 6.24. The minimum atomic E-state index is 0.0875. The summed E-state index contributed by atoms with van der Waals surface area (Å²) in [5.41, 5.74) is 0. The summed E-state index contributed by atoms with van der Waals surface area (Å²) in [6, 6.07) is 0.0875. The molecule has 94 valence electrons. The van der Waals surface area contributed by atoms with E-state index in [0.29, 0.717) is 11.2 Å². The van der Waals surface area contributed by atoms with Gasteiger partial charge in [-0.15, -0.1) is 0 Å². The minimum absolute atomic E-state index is 0.0875. The van der Waals surface area contributed by atoms with E-state index in [2.05, 4.69) is 25.4 Å². The molecule has 1 fully saturated rings. The summed E-state index contributed by atoms with van der Waals surface area (Å²) < 4.78 is 0. The first-order chi connectivity index (χ1) is 7.69. The molecule has 1 aliphatic heterocycles. The van der Waals surface area contributed by atoms with Crippen molar-refractivity contribution in [2.45, 2.75) is 44.4 Å². The van der Waals surface area contributed by atoms with Crippen LogP contribution in [0.1, 0.15) is 33.1 Å². The molecular formula is C12H24N2OS. The van der Waals surface area contributed by atoms with Crippen LogP contribution in [0.25, 0.3) is 0 Å². The molecule has 1 saturated heterocycles. The van der Waals surface area contributed by atoms with Gasteiger partial charge >= 0.3 is 0 Å². The highest BCUT2D eigenvalue weighted by Gasteiger charge is 2.30. The average molecular weight is 244 g/mol. The lowest BCUT2D eigenvalue weighted by molar-refractivity contribution is -0.129. The number of nitrogens with one attached hydrogen (secondary N) is 1. The number of carbonyl (C=O) groups excluding carboxylic acids is 1. The first kappa shape index (κ1) is 13.8. The number of rotatable bonds is 7. The summed E-state index contributed by atoms with van der Waals surface area (Å²) in [6.45, 7) is 7.15. The van der Waals surface area contributed by atoms with Crippen LogP contribution >= 0.6 is 11.8 Å². The molecule has 1 amide bonds. The molecule has 3 nitrogen and oxygen atoms in total. The van der Waals surface area contributed by atoms with E-state index in [1.54, 1.807) is 0 Å². The summed E-state index contributed by atoms with van der Waals surface area (Å²) >= 11 is 1.87. The number of nitrogens with zero attached hydrogens (tertiary/aromatic N) is 1.